The number of piperazine rings is 2. The van der Waals surface area contributed by atoms with Gasteiger partial charge in [0.25, 0.3) is 0 Å². The summed E-state index contributed by atoms with van der Waals surface area (Å²) in [6, 6.07) is 0. The van der Waals surface area contributed by atoms with Gasteiger partial charge in [-0.05, 0) is 67.2 Å². The molecule has 0 atom stereocenters. The van der Waals surface area contributed by atoms with Crippen LogP contribution in [0.25, 0.3) is 0 Å². The van der Waals surface area contributed by atoms with Gasteiger partial charge < -0.3 is 31.1 Å². The summed E-state index contributed by atoms with van der Waals surface area (Å²) in [7, 11) is 8.09. The Balaban J connectivity index is 0.000000303. The zero-order valence-electron chi connectivity index (χ0n) is 20.5. The van der Waals surface area contributed by atoms with E-state index < -0.39 is 0 Å². The number of hydrogen-bond donors (Lipinski definition) is 4. The molecule has 0 amide bonds. The Hall–Kier alpha value is -0.320. The van der Waals surface area contributed by atoms with Gasteiger partial charge in [-0.1, -0.05) is 0 Å². The van der Waals surface area contributed by atoms with Crippen LogP contribution in [0.5, 0.6) is 0 Å². The molecule has 2 aliphatic rings. The molecule has 2 rings (SSSR count). The highest BCUT2D eigenvalue weighted by Crippen LogP contribution is 2.03. The third kappa shape index (κ3) is 13.9. The number of likely N-dealkylation sites (N-methyl/N-ethyl adjacent to an activating group) is 2. The highest BCUT2D eigenvalue weighted by atomic mass is 15.3. The standard InChI is InChI=1S/C12H28N4.C10H24N4/c1-13-5-3-7-15-9-11-16(12-10-15)8-4-6-14-2;1-11-3-5-13-7-9-14(10-8-13)6-4-12-2/h13-14H,3-12H2,1-2H3;11-12H,3-10H2,1-2H3. The monoisotopic (exact) mass is 428 g/mol. The summed E-state index contributed by atoms with van der Waals surface area (Å²) in [6.07, 6.45) is 2.55. The van der Waals surface area contributed by atoms with Gasteiger partial charge in [-0.3, -0.25) is 9.80 Å². The van der Waals surface area contributed by atoms with E-state index in [-0.39, 0.29) is 0 Å². The molecule has 0 unspecified atom stereocenters. The lowest BCUT2D eigenvalue weighted by atomic mass is 10.2. The van der Waals surface area contributed by atoms with E-state index in [2.05, 4.69) is 40.9 Å². The predicted molar refractivity (Wildman–Crippen MR) is 131 cm³/mol. The summed E-state index contributed by atoms with van der Waals surface area (Å²) >= 11 is 0. The van der Waals surface area contributed by atoms with E-state index in [1.165, 1.54) is 91.4 Å². The lowest BCUT2D eigenvalue weighted by molar-refractivity contribution is 0.130. The maximum absolute atomic E-state index is 3.21. The van der Waals surface area contributed by atoms with Crippen LogP contribution in [0.1, 0.15) is 12.8 Å². The minimum Gasteiger partial charge on any atom is -0.320 e. The summed E-state index contributed by atoms with van der Waals surface area (Å²) < 4.78 is 0. The quantitative estimate of drug-likeness (QED) is 0.259. The second-order valence-corrected chi connectivity index (χ2v) is 8.49. The molecule has 0 aromatic rings. The molecule has 30 heavy (non-hydrogen) atoms. The van der Waals surface area contributed by atoms with Crippen molar-refractivity contribution >= 4 is 0 Å². The first-order valence-electron chi connectivity index (χ1n) is 12.2. The van der Waals surface area contributed by atoms with Crippen molar-refractivity contribution in [3.05, 3.63) is 0 Å². The molecule has 0 spiro atoms. The summed E-state index contributed by atoms with van der Waals surface area (Å²) in [5, 5.41) is 12.8. The maximum atomic E-state index is 3.21. The van der Waals surface area contributed by atoms with Crippen molar-refractivity contribution in [2.24, 2.45) is 0 Å². The minimum atomic E-state index is 1.11. The van der Waals surface area contributed by atoms with Gasteiger partial charge >= 0.3 is 0 Å². The molecule has 2 saturated heterocycles. The first kappa shape index (κ1) is 27.7. The number of hydrogen-bond acceptors (Lipinski definition) is 8. The van der Waals surface area contributed by atoms with E-state index in [0.29, 0.717) is 0 Å². The molecule has 8 heteroatoms. The Kier molecular flexibility index (Phi) is 17.9. The van der Waals surface area contributed by atoms with Gasteiger partial charge in [-0.2, -0.15) is 0 Å². The van der Waals surface area contributed by atoms with Crippen LogP contribution < -0.4 is 21.3 Å². The van der Waals surface area contributed by atoms with Crippen molar-refractivity contribution < 1.29 is 0 Å². The molecule has 2 fully saturated rings. The van der Waals surface area contributed by atoms with Crippen LogP contribution in [0.2, 0.25) is 0 Å². The lowest BCUT2D eigenvalue weighted by Gasteiger charge is -2.34. The Morgan fingerprint density at radius 2 is 0.667 bits per heavy atom. The van der Waals surface area contributed by atoms with Crippen LogP contribution >= 0.6 is 0 Å². The lowest BCUT2D eigenvalue weighted by Crippen LogP contribution is -2.49. The van der Waals surface area contributed by atoms with Gasteiger partial charge in [-0.25, -0.2) is 0 Å². The Morgan fingerprint density at radius 1 is 0.400 bits per heavy atom. The van der Waals surface area contributed by atoms with Gasteiger partial charge in [0, 0.05) is 78.5 Å². The van der Waals surface area contributed by atoms with Crippen molar-refractivity contribution in [3.63, 3.8) is 0 Å². The van der Waals surface area contributed by atoms with Crippen LogP contribution in [-0.4, -0.2) is 153 Å². The summed E-state index contributed by atoms with van der Waals surface area (Å²) in [4.78, 5) is 10.2. The van der Waals surface area contributed by atoms with E-state index in [0.717, 1.165) is 26.2 Å². The maximum Gasteiger partial charge on any atom is 0.0110 e. The van der Waals surface area contributed by atoms with Crippen molar-refractivity contribution in [2.45, 2.75) is 12.8 Å². The van der Waals surface area contributed by atoms with Gasteiger partial charge in [0.2, 0.25) is 0 Å². The van der Waals surface area contributed by atoms with Crippen LogP contribution in [-0.2, 0) is 0 Å². The highest BCUT2D eigenvalue weighted by molar-refractivity contribution is 4.73. The first-order chi connectivity index (χ1) is 14.7. The average molecular weight is 429 g/mol. The molecule has 180 valence electrons. The van der Waals surface area contributed by atoms with Gasteiger partial charge in [0.05, 0.1) is 0 Å². The predicted octanol–water partition coefficient (Wildman–Crippen LogP) is -1.13. The summed E-state index contributed by atoms with van der Waals surface area (Å²) in [5.74, 6) is 0. The van der Waals surface area contributed by atoms with Crippen LogP contribution in [0.3, 0.4) is 0 Å². The van der Waals surface area contributed by atoms with E-state index in [1.807, 2.05) is 28.2 Å². The molecule has 0 aromatic heterocycles. The summed E-state index contributed by atoms with van der Waals surface area (Å²) in [6.45, 7) is 19.3. The fourth-order valence-electron chi connectivity index (χ4n) is 3.97. The van der Waals surface area contributed by atoms with Crippen molar-refractivity contribution in [3.8, 4) is 0 Å². The topological polar surface area (TPSA) is 61.1 Å². The second-order valence-electron chi connectivity index (χ2n) is 8.49. The van der Waals surface area contributed by atoms with Crippen molar-refractivity contribution in [1.82, 2.24) is 40.9 Å². The molecule has 0 saturated carbocycles. The zero-order valence-corrected chi connectivity index (χ0v) is 20.5. The van der Waals surface area contributed by atoms with Crippen LogP contribution in [0.4, 0.5) is 0 Å². The normalized spacial score (nSPS) is 19.6. The van der Waals surface area contributed by atoms with E-state index in [1.54, 1.807) is 0 Å². The SMILES string of the molecule is CNCCCN1CCN(CCCNC)CC1.CNCCN1CCN(CCNC)CC1. The van der Waals surface area contributed by atoms with Crippen molar-refractivity contribution in [2.75, 3.05) is 133 Å². The zero-order chi connectivity index (χ0) is 21.9. The molecule has 2 heterocycles. The smallest absolute Gasteiger partial charge is 0.0110 e. The van der Waals surface area contributed by atoms with Crippen LogP contribution in [0, 0.1) is 0 Å². The van der Waals surface area contributed by atoms with Gasteiger partial charge in [0.15, 0.2) is 0 Å². The van der Waals surface area contributed by atoms with Gasteiger partial charge in [-0.15, -0.1) is 0 Å². The van der Waals surface area contributed by atoms with Gasteiger partial charge in [0.1, 0.15) is 0 Å². The summed E-state index contributed by atoms with van der Waals surface area (Å²) in [5.41, 5.74) is 0. The van der Waals surface area contributed by atoms with E-state index >= 15 is 0 Å². The second kappa shape index (κ2) is 19.4. The van der Waals surface area contributed by atoms with Crippen molar-refractivity contribution in [1.29, 1.82) is 0 Å². The molecule has 2 aliphatic heterocycles. The third-order valence-corrected chi connectivity index (χ3v) is 6.09. The highest BCUT2D eigenvalue weighted by Gasteiger charge is 2.16. The number of nitrogens with one attached hydrogen (secondary N) is 4. The number of rotatable bonds is 14. The van der Waals surface area contributed by atoms with E-state index in [9.17, 15) is 0 Å². The Labute approximate surface area is 187 Å². The molecule has 0 radical (unpaired) electrons. The molecular weight excluding hydrogens is 376 g/mol. The molecular formula is C22H52N8. The molecule has 0 aliphatic carbocycles. The Bertz CT molecular complexity index is 321. The molecule has 8 nitrogen and oxygen atoms in total. The molecule has 0 bridgehead atoms. The van der Waals surface area contributed by atoms with E-state index in [4.69, 9.17) is 0 Å². The number of nitrogens with zero attached hydrogens (tertiary/aromatic N) is 4. The average Bonchev–Trinajstić information content (AvgIpc) is 2.79. The Morgan fingerprint density at radius 3 is 0.933 bits per heavy atom. The fourth-order valence-corrected chi connectivity index (χ4v) is 3.97. The molecule has 0 aromatic carbocycles. The minimum absolute atomic E-state index is 1.11. The molecule has 4 N–H and O–H groups in total. The largest absolute Gasteiger partial charge is 0.320 e. The fraction of sp³-hybridized carbons (Fsp3) is 1.00. The third-order valence-electron chi connectivity index (χ3n) is 6.09. The first-order valence-corrected chi connectivity index (χ1v) is 12.2. The van der Waals surface area contributed by atoms with Crippen LogP contribution in [0.15, 0.2) is 0 Å².